The summed E-state index contributed by atoms with van der Waals surface area (Å²) in [5, 5.41) is 2.92. The van der Waals surface area contributed by atoms with Crippen molar-refractivity contribution in [3.8, 4) is 0 Å². The van der Waals surface area contributed by atoms with Gasteiger partial charge in [-0.1, -0.05) is 15.2 Å². The van der Waals surface area contributed by atoms with E-state index in [1.807, 2.05) is 9.47 Å². The van der Waals surface area contributed by atoms with E-state index in [1.165, 1.54) is 0 Å². The second-order valence-corrected chi connectivity index (χ2v) is 3.67. The van der Waals surface area contributed by atoms with Gasteiger partial charge in [0.1, 0.15) is 13.4 Å². The van der Waals surface area contributed by atoms with Gasteiger partial charge < -0.3 is 4.52 Å². The van der Waals surface area contributed by atoms with Crippen LogP contribution in [0.2, 0.25) is 5.82 Å². The summed E-state index contributed by atoms with van der Waals surface area (Å²) < 4.78 is 4.60. The van der Waals surface area contributed by atoms with Gasteiger partial charge in [-0.2, -0.15) is 0 Å². The lowest BCUT2D eigenvalue weighted by Crippen LogP contribution is -2.56. The largest absolute Gasteiger partial charge is 0.450 e. The predicted octanol–water partition coefficient (Wildman–Crippen LogP) is -0.346. The fourth-order valence-corrected chi connectivity index (χ4v) is 2.17. The van der Waals surface area contributed by atoms with Crippen LogP contribution >= 0.6 is 18.9 Å². The Morgan fingerprint density at radius 3 is 2.55 bits per heavy atom. The molecule has 1 fully saturated rings. The highest BCUT2D eigenvalue weighted by molar-refractivity contribution is 7.14. The summed E-state index contributed by atoms with van der Waals surface area (Å²) in [6.07, 6.45) is 1.73. The first-order valence-corrected chi connectivity index (χ1v) is 4.58. The SMILES string of the molecule is B[C@H]1C[C@](NP)(C(=O)OP)C1. The molecule has 0 aromatic rings. The maximum Gasteiger partial charge on any atom is 0.328 e. The Hall–Kier alpha value is 0.355. The van der Waals surface area contributed by atoms with E-state index in [1.54, 1.807) is 0 Å². The Balaban J connectivity index is 2.57. The zero-order valence-electron chi connectivity index (χ0n) is 6.46. The van der Waals surface area contributed by atoms with Crippen molar-refractivity contribution in [3.63, 3.8) is 0 Å². The highest BCUT2D eigenvalue weighted by Gasteiger charge is 2.48. The topological polar surface area (TPSA) is 38.3 Å². The first kappa shape index (κ1) is 9.44. The fourth-order valence-electron chi connectivity index (χ4n) is 1.59. The van der Waals surface area contributed by atoms with Crippen LogP contribution in [0.25, 0.3) is 0 Å². The molecule has 2 unspecified atom stereocenters. The van der Waals surface area contributed by atoms with Crippen LogP contribution in [0, 0.1) is 0 Å². The van der Waals surface area contributed by atoms with Crippen molar-refractivity contribution >= 4 is 32.7 Å². The van der Waals surface area contributed by atoms with Gasteiger partial charge in [0.15, 0.2) is 0 Å². The van der Waals surface area contributed by atoms with Gasteiger partial charge in [-0.25, -0.2) is 4.79 Å². The molecule has 0 spiro atoms. The first-order valence-electron chi connectivity index (χ1n) is 3.53. The summed E-state index contributed by atoms with van der Waals surface area (Å²) >= 11 is 0. The van der Waals surface area contributed by atoms with Crippen LogP contribution in [0.4, 0.5) is 0 Å². The minimum Gasteiger partial charge on any atom is -0.450 e. The summed E-state index contributed by atoms with van der Waals surface area (Å²) in [5.41, 5.74) is -0.425. The average molecular weight is 191 g/mol. The molecule has 2 atom stereocenters. The van der Waals surface area contributed by atoms with Gasteiger partial charge in [0.25, 0.3) is 0 Å². The molecule has 1 aliphatic carbocycles. The lowest BCUT2D eigenvalue weighted by molar-refractivity contribution is -0.143. The molecular formula is C5H12BNO2P2. The minimum atomic E-state index is -0.425. The molecule has 0 saturated heterocycles. The zero-order chi connectivity index (χ0) is 8.48. The Kier molecular flexibility index (Phi) is 2.91. The Labute approximate surface area is 72.0 Å². The van der Waals surface area contributed by atoms with E-state index in [0.29, 0.717) is 5.82 Å². The van der Waals surface area contributed by atoms with E-state index >= 15 is 0 Å². The second kappa shape index (κ2) is 3.39. The van der Waals surface area contributed by atoms with Crippen LogP contribution in [-0.4, -0.2) is 19.4 Å². The van der Waals surface area contributed by atoms with Gasteiger partial charge in [-0.15, -0.1) is 0 Å². The van der Waals surface area contributed by atoms with Gasteiger partial charge in [0.05, 0.1) is 9.47 Å². The van der Waals surface area contributed by atoms with Crippen molar-refractivity contribution in [2.75, 3.05) is 0 Å². The van der Waals surface area contributed by atoms with Gasteiger partial charge in [-0.3, -0.25) is 5.09 Å². The summed E-state index contributed by atoms with van der Waals surface area (Å²) in [6, 6.07) is 0. The third-order valence-electron chi connectivity index (χ3n) is 2.17. The van der Waals surface area contributed by atoms with Crippen LogP contribution in [-0.2, 0) is 9.32 Å². The van der Waals surface area contributed by atoms with Gasteiger partial charge in [0.2, 0.25) is 0 Å². The van der Waals surface area contributed by atoms with E-state index in [0.717, 1.165) is 12.8 Å². The number of hydrogen-bond acceptors (Lipinski definition) is 3. The number of rotatable bonds is 2. The minimum absolute atomic E-state index is 0.185. The molecule has 6 heteroatoms. The molecule has 0 aromatic carbocycles. The number of carbonyl (C=O) groups is 1. The van der Waals surface area contributed by atoms with E-state index < -0.39 is 5.54 Å². The molecule has 11 heavy (non-hydrogen) atoms. The molecule has 0 bridgehead atoms. The molecule has 1 rings (SSSR count). The monoisotopic (exact) mass is 191 g/mol. The van der Waals surface area contributed by atoms with Crippen LogP contribution in [0.5, 0.6) is 0 Å². The maximum absolute atomic E-state index is 11.2. The molecular weight excluding hydrogens is 179 g/mol. The molecule has 62 valence electrons. The van der Waals surface area contributed by atoms with Crippen molar-refractivity contribution in [2.45, 2.75) is 24.2 Å². The molecule has 0 aliphatic heterocycles. The molecule has 1 N–H and O–H groups in total. The Bertz CT molecular complexity index is 172. The van der Waals surface area contributed by atoms with Crippen LogP contribution < -0.4 is 5.09 Å². The lowest BCUT2D eigenvalue weighted by atomic mass is 9.60. The third-order valence-corrected chi connectivity index (χ3v) is 2.93. The van der Waals surface area contributed by atoms with Gasteiger partial charge in [0, 0.05) is 0 Å². The summed E-state index contributed by atoms with van der Waals surface area (Å²) in [4.78, 5) is 11.2. The van der Waals surface area contributed by atoms with Crippen LogP contribution in [0.3, 0.4) is 0 Å². The maximum atomic E-state index is 11.2. The molecule has 0 radical (unpaired) electrons. The average Bonchev–Trinajstić information content (AvgIpc) is 1.96. The normalized spacial score (nSPS) is 36.0. The van der Waals surface area contributed by atoms with Crippen molar-refractivity contribution in [3.05, 3.63) is 0 Å². The number of nitrogens with one attached hydrogen (secondary N) is 1. The van der Waals surface area contributed by atoms with Crippen molar-refractivity contribution in [2.24, 2.45) is 0 Å². The van der Waals surface area contributed by atoms with E-state index in [2.05, 4.69) is 26.8 Å². The highest BCUT2D eigenvalue weighted by Crippen LogP contribution is 2.42. The number of hydrogen-bond donors (Lipinski definition) is 1. The molecule has 1 saturated carbocycles. The quantitative estimate of drug-likeness (QED) is 0.479. The molecule has 3 nitrogen and oxygen atoms in total. The highest BCUT2D eigenvalue weighted by atomic mass is 31.0. The van der Waals surface area contributed by atoms with Gasteiger partial charge >= 0.3 is 5.97 Å². The van der Waals surface area contributed by atoms with Crippen molar-refractivity contribution < 1.29 is 9.32 Å². The van der Waals surface area contributed by atoms with E-state index in [4.69, 9.17) is 0 Å². The van der Waals surface area contributed by atoms with Gasteiger partial charge in [-0.05, 0) is 12.8 Å². The summed E-state index contributed by atoms with van der Waals surface area (Å²) in [6.45, 7) is 0. The lowest BCUT2D eigenvalue weighted by Gasteiger charge is -2.43. The zero-order valence-corrected chi connectivity index (χ0v) is 8.77. The smallest absolute Gasteiger partial charge is 0.328 e. The van der Waals surface area contributed by atoms with Crippen LogP contribution in [0.1, 0.15) is 12.8 Å². The van der Waals surface area contributed by atoms with Crippen molar-refractivity contribution in [1.29, 1.82) is 0 Å². The Morgan fingerprint density at radius 2 is 2.27 bits per heavy atom. The molecule has 0 amide bonds. The standard InChI is InChI=1S/C5H12BNO2P2/c6-3-1-5(2-3,7-10)4(8)9-11/h3,7H,1-2,6,10-11H2/t3-,5+. The Morgan fingerprint density at radius 1 is 1.73 bits per heavy atom. The second-order valence-electron chi connectivity index (χ2n) is 3.15. The predicted molar refractivity (Wildman–Crippen MR) is 52.9 cm³/mol. The molecule has 0 heterocycles. The molecule has 1 aliphatic rings. The summed E-state index contributed by atoms with van der Waals surface area (Å²) in [5.74, 6) is 0.433. The van der Waals surface area contributed by atoms with E-state index in [-0.39, 0.29) is 5.97 Å². The fraction of sp³-hybridized carbons (Fsp3) is 0.800. The van der Waals surface area contributed by atoms with Crippen molar-refractivity contribution in [1.82, 2.24) is 5.09 Å². The molecule has 0 aromatic heterocycles. The first-order chi connectivity index (χ1) is 5.14. The third kappa shape index (κ3) is 1.59. The van der Waals surface area contributed by atoms with Crippen LogP contribution in [0.15, 0.2) is 0 Å². The summed E-state index contributed by atoms with van der Waals surface area (Å²) in [7, 11) is 6.48. The van der Waals surface area contributed by atoms with E-state index in [9.17, 15) is 4.79 Å². The number of carbonyl (C=O) groups excluding carboxylic acids is 1.